The van der Waals surface area contributed by atoms with Crippen LogP contribution in [-0.2, 0) is 4.79 Å². The first-order valence-electron chi connectivity index (χ1n) is 9.17. The fraction of sp³-hybridized carbons (Fsp3) is 0.130. The van der Waals surface area contributed by atoms with Gasteiger partial charge in [0.05, 0.1) is 17.0 Å². The molecule has 2 aromatic carbocycles. The van der Waals surface area contributed by atoms with Crippen molar-refractivity contribution in [2.24, 2.45) is 5.10 Å². The van der Waals surface area contributed by atoms with Crippen molar-refractivity contribution in [3.8, 4) is 5.69 Å². The minimum absolute atomic E-state index is 0.208. The van der Waals surface area contributed by atoms with Crippen LogP contribution in [0.5, 0.6) is 0 Å². The number of benzene rings is 2. The van der Waals surface area contributed by atoms with Crippen LogP contribution in [-0.4, -0.2) is 16.2 Å². The number of carbonyl (C=O) groups excluding carboxylic acids is 1. The second-order valence-corrected chi connectivity index (χ2v) is 7.42. The van der Waals surface area contributed by atoms with Crippen LogP contribution in [0.25, 0.3) is 11.8 Å². The number of aromatic nitrogens is 1. The average Bonchev–Trinajstić information content (AvgIpc) is 3.11. The maximum Gasteiger partial charge on any atom is 0.280 e. The molecule has 0 saturated heterocycles. The summed E-state index contributed by atoms with van der Waals surface area (Å²) in [5, 5.41) is 6.31. The first kappa shape index (κ1) is 19.2. The lowest BCUT2D eigenvalue weighted by Gasteiger charge is -2.12. The number of carbonyl (C=O) groups is 1. The predicted octanol–water partition coefficient (Wildman–Crippen LogP) is 5.69. The highest BCUT2D eigenvalue weighted by atomic mass is 35.5. The SMILES string of the molecule is CC1=NN(c2cccc(Cl)c2)C(=O)/C1=C\c1cc(C)n(-c2cccc(F)c2)c1C. The van der Waals surface area contributed by atoms with Crippen molar-refractivity contribution in [1.82, 2.24) is 4.57 Å². The van der Waals surface area contributed by atoms with Gasteiger partial charge < -0.3 is 4.57 Å². The quantitative estimate of drug-likeness (QED) is 0.513. The zero-order chi connectivity index (χ0) is 20.7. The molecule has 1 amide bonds. The molecule has 0 fully saturated rings. The van der Waals surface area contributed by atoms with Crippen molar-refractivity contribution in [3.05, 3.63) is 88.0 Å². The molecule has 2 heterocycles. The molecule has 0 N–H and O–H groups in total. The lowest BCUT2D eigenvalue weighted by atomic mass is 10.1. The molecule has 4 rings (SSSR count). The second-order valence-electron chi connectivity index (χ2n) is 6.98. The molecule has 6 heteroatoms. The van der Waals surface area contributed by atoms with Gasteiger partial charge in [0.1, 0.15) is 5.82 Å². The largest absolute Gasteiger partial charge is 0.318 e. The second kappa shape index (κ2) is 7.33. The van der Waals surface area contributed by atoms with Gasteiger partial charge >= 0.3 is 0 Å². The average molecular weight is 408 g/mol. The number of hydrogen-bond donors (Lipinski definition) is 0. The third-order valence-electron chi connectivity index (χ3n) is 4.95. The van der Waals surface area contributed by atoms with Gasteiger partial charge in [-0.3, -0.25) is 4.79 Å². The van der Waals surface area contributed by atoms with Gasteiger partial charge in [-0.2, -0.15) is 10.1 Å². The van der Waals surface area contributed by atoms with Gasteiger partial charge in [0.2, 0.25) is 0 Å². The minimum Gasteiger partial charge on any atom is -0.318 e. The van der Waals surface area contributed by atoms with E-state index in [0.717, 1.165) is 22.6 Å². The molecule has 146 valence electrons. The lowest BCUT2D eigenvalue weighted by molar-refractivity contribution is -0.114. The van der Waals surface area contributed by atoms with E-state index in [1.807, 2.05) is 36.6 Å². The van der Waals surface area contributed by atoms with Gasteiger partial charge in [-0.1, -0.05) is 23.7 Å². The van der Waals surface area contributed by atoms with Gasteiger partial charge in [-0.25, -0.2) is 4.39 Å². The van der Waals surface area contributed by atoms with E-state index in [1.54, 1.807) is 37.3 Å². The number of rotatable bonds is 3. The first-order valence-corrected chi connectivity index (χ1v) is 9.55. The number of hydrazone groups is 1. The molecule has 0 spiro atoms. The summed E-state index contributed by atoms with van der Waals surface area (Å²) < 4.78 is 15.7. The van der Waals surface area contributed by atoms with Gasteiger partial charge in [0.25, 0.3) is 5.91 Å². The summed E-state index contributed by atoms with van der Waals surface area (Å²) >= 11 is 6.05. The van der Waals surface area contributed by atoms with Gasteiger partial charge in [0.15, 0.2) is 0 Å². The molecule has 1 aliphatic heterocycles. The highest BCUT2D eigenvalue weighted by Crippen LogP contribution is 2.29. The lowest BCUT2D eigenvalue weighted by Crippen LogP contribution is -2.21. The molecule has 0 aliphatic carbocycles. The van der Waals surface area contributed by atoms with Crippen LogP contribution in [0.4, 0.5) is 10.1 Å². The molecular formula is C23H19ClFN3O. The summed E-state index contributed by atoms with van der Waals surface area (Å²) in [6.45, 7) is 5.71. The number of halogens is 2. The third kappa shape index (κ3) is 3.49. The van der Waals surface area contributed by atoms with Gasteiger partial charge in [0, 0.05) is 22.1 Å². The monoisotopic (exact) mass is 407 g/mol. The number of nitrogens with zero attached hydrogens (tertiary/aromatic N) is 3. The van der Waals surface area contributed by atoms with E-state index in [4.69, 9.17) is 11.6 Å². The summed E-state index contributed by atoms with van der Waals surface area (Å²) in [4.78, 5) is 13.0. The Hall–Kier alpha value is -3.18. The number of anilines is 1. The Kier molecular flexibility index (Phi) is 4.84. The molecule has 0 saturated carbocycles. The number of hydrogen-bond acceptors (Lipinski definition) is 2. The molecule has 3 aromatic rings. The number of aryl methyl sites for hydroxylation is 1. The van der Waals surface area contributed by atoms with Crippen molar-refractivity contribution >= 4 is 35.0 Å². The zero-order valence-electron chi connectivity index (χ0n) is 16.3. The Morgan fingerprint density at radius 2 is 1.72 bits per heavy atom. The van der Waals surface area contributed by atoms with Crippen molar-refractivity contribution < 1.29 is 9.18 Å². The van der Waals surface area contributed by atoms with Crippen LogP contribution in [0.15, 0.2) is 65.3 Å². The summed E-state index contributed by atoms with van der Waals surface area (Å²) in [6, 6.07) is 15.5. The molecule has 0 bridgehead atoms. The van der Waals surface area contributed by atoms with Gasteiger partial charge in [-0.15, -0.1) is 0 Å². The summed E-state index contributed by atoms with van der Waals surface area (Å²) in [5.74, 6) is -0.499. The fourth-order valence-electron chi connectivity index (χ4n) is 3.57. The Morgan fingerprint density at radius 3 is 2.45 bits per heavy atom. The van der Waals surface area contributed by atoms with Crippen LogP contribution in [0, 0.1) is 19.7 Å². The van der Waals surface area contributed by atoms with Crippen molar-refractivity contribution in [3.63, 3.8) is 0 Å². The van der Waals surface area contributed by atoms with E-state index in [1.165, 1.54) is 17.1 Å². The molecule has 29 heavy (non-hydrogen) atoms. The molecule has 4 nitrogen and oxygen atoms in total. The van der Waals surface area contributed by atoms with Crippen molar-refractivity contribution in [2.75, 3.05) is 5.01 Å². The van der Waals surface area contributed by atoms with E-state index < -0.39 is 0 Å². The minimum atomic E-state index is -0.291. The zero-order valence-corrected chi connectivity index (χ0v) is 17.0. The number of amides is 1. The molecule has 0 atom stereocenters. The van der Waals surface area contributed by atoms with Crippen LogP contribution < -0.4 is 5.01 Å². The summed E-state index contributed by atoms with van der Waals surface area (Å²) in [7, 11) is 0. The van der Waals surface area contributed by atoms with Crippen molar-refractivity contribution in [2.45, 2.75) is 20.8 Å². The van der Waals surface area contributed by atoms with E-state index >= 15 is 0 Å². The summed E-state index contributed by atoms with van der Waals surface area (Å²) in [6.07, 6.45) is 1.84. The molecule has 0 unspecified atom stereocenters. The highest BCUT2D eigenvalue weighted by molar-refractivity contribution is 6.33. The van der Waals surface area contributed by atoms with E-state index in [-0.39, 0.29) is 11.7 Å². The normalized spacial score (nSPS) is 15.3. The predicted molar refractivity (Wildman–Crippen MR) is 115 cm³/mol. The Morgan fingerprint density at radius 1 is 1.00 bits per heavy atom. The Labute approximate surface area is 173 Å². The van der Waals surface area contributed by atoms with Crippen LogP contribution >= 0.6 is 11.6 Å². The van der Waals surface area contributed by atoms with Crippen LogP contribution in [0.3, 0.4) is 0 Å². The maximum atomic E-state index is 13.7. The molecule has 0 radical (unpaired) electrons. The molecule has 1 aromatic heterocycles. The Bertz CT molecular complexity index is 1190. The van der Waals surface area contributed by atoms with E-state index in [0.29, 0.717) is 22.0 Å². The smallest absolute Gasteiger partial charge is 0.280 e. The van der Waals surface area contributed by atoms with Crippen molar-refractivity contribution in [1.29, 1.82) is 0 Å². The Balaban J connectivity index is 1.73. The summed E-state index contributed by atoms with van der Waals surface area (Å²) in [5.41, 5.74) is 5.27. The van der Waals surface area contributed by atoms with Gasteiger partial charge in [-0.05, 0) is 74.9 Å². The van der Waals surface area contributed by atoms with E-state index in [2.05, 4.69) is 5.10 Å². The first-order chi connectivity index (χ1) is 13.8. The van der Waals surface area contributed by atoms with E-state index in [9.17, 15) is 9.18 Å². The molecule has 1 aliphatic rings. The van der Waals surface area contributed by atoms with Crippen LogP contribution in [0.2, 0.25) is 5.02 Å². The van der Waals surface area contributed by atoms with Crippen LogP contribution in [0.1, 0.15) is 23.9 Å². The fourth-order valence-corrected chi connectivity index (χ4v) is 3.75. The highest BCUT2D eigenvalue weighted by Gasteiger charge is 2.29. The molecular weight excluding hydrogens is 389 g/mol. The standard InChI is InChI=1S/C23H19ClFN3O/c1-14-10-17(16(3)27(14)20-8-5-7-19(25)13-20)11-22-15(2)26-28(23(22)29)21-9-4-6-18(24)12-21/h4-13H,1-3H3/b22-11-. The third-order valence-corrected chi connectivity index (χ3v) is 5.19. The maximum absolute atomic E-state index is 13.7. The topological polar surface area (TPSA) is 37.6 Å².